The Labute approximate surface area is 152 Å². The molecule has 1 fully saturated rings. The Morgan fingerprint density at radius 2 is 1.85 bits per heavy atom. The SMILES string of the molecule is CN1CCN(c2ccc3c(c2)CC(c2ccc(N)c([N+](=O)[O-])c2)=C3)CC1. The van der Waals surface area contributed by atoms with E-state index in [1.54, 1.807) is 12.1 Å². The van der Waals surface area contributed by atoms with Gasteiger partial charge in [-0.15, -0.1) is 0 Å². The van der Waals surface area contributed by atoms with Crippen LogP contribution in [0.1, 0.15) is 16.7 Å². The second-order valence-corrected chi connectivity index (χ2v) is 7.05. The van der Waals surface area contributed by atoms with Gasteiger partial charge in [0.2, 0.25) is 0 Å². The van der Waals surface area contributed by atoms with E-state index in [1.807, 2.05) is 6.07 Å². The highest BCUT2D eigenvalue weighted by Gasteiger charge is 2.20. The van der Waals surface area contributed by atoms with Crippen molar-refractivity contribution in [3.8, 4) is 0 Å². The van der Waals surface area contributed by atoms with Gasteiger partial charge < -0.3 is 15.5 Å². The van der Waals surface area contributed by atoms with Gasteiger partial charge >= 0.3 is 0 Å². The summed E-state index contributed by atoms with van der Waals surface area (Å²) in [6, 6.07) is 11.6. The summed E-state index contributed by atoms with van der Waals surface area (Å²) < 4.78 is 0. The third kappa shape index (κ3) is 3.04. The molecule has 1 aliphatic carbocycles. The van der Waals surface area contributed by atoms with Crippen LogP contribution in [0.25, 0.3) is 11.6 Å². The predicted molar refractivity (Wildman–Crippen MR) is 105 cm³/mol. The first-order valence-electron chi connectivity index (χ1n) is 8.82. The number of piperazine rings is 1. The Morgan fingerprint density at radius 3 is 2.58 bits per heavy atom. The van der Waals surface area contributed by atoms with Gasteiger partial charge in [-0.05, 0) is 53.9 Å². The minimum Gasteiger partial charge on any atom is -0.393 e. The largest absolute Gasteiger partial charge is 0.393 e. The number of hydrogen-bond acceptors (Lipinski definition) is 5. The molecular weight excluding hydrogens is 328 g/mol. The zero-order valence-corrected chi connectivity index (χ0v) is 14.8. The van der Waals surface area contributed by atoms with Crippen LogP contribution < -0.4 is 10.6 Å². The summed E-state index contributed by atoms with van der Waals surface area (Å²) in [6.07, 6.45) is 2.91. The quantitative estimate of drug-likeness (QED) is 0.523. The molecule has 0 atom stereocenters. The fraction of sp³-hybridized carbons (Fsp3) is 0.300. The lowest BCUT2D eigenvalue weighted by Crippen LogP contribution is -2.44. The standard InChI is InChI=1S/C20H22N4O2/c1-22-6-8-23(9-7-22)18-4-2-14-10-16(11-17(14)12-18)15-3-5-19(21)20(13-15)24(25)26/h2-5,10,12-13H,6-9,11,21H2,1H3. The number of nitro benzene ring substituents is 1. The molecular formula is C20H22N4O2. The average Bonchev–Trinajstić information content (AvgIpc) is 3.05. The van der Waals surface area contributed by atoms with Gasteiger partial charge in [-0.2, -0.15) is 0 Å². The molecule has 134 valence electrons. The number of nitrogens with two attached hydrogens (primary N) is 1. The lowest BCUT2D eigenvalue weighted by atomic mass is 10.0. The van der Waals surface area contributed by atoms with Gasteiger partial charge in [0.15, 0.2) is 0 Å². The summed E-state index contributed by atoms with van der Waals surface area (Å²) in [7, 11) is 2.15. The Kier molecular flexibility index (Phi) is 4.12. The minimum atomic E-state index is -0.424. The molecule has 0 spiro atoms. The first-order valence-corrected chi connectivity index (χ1v) is 8.82. The van der Waals surface area contributed by atoms with Gasteiger partial charge in [-0.25, -0.2) is 0 Å². The van der Waals surface area contributed by atoms with Gasteiger partial charge in [-0.3, -0.25) is 10.1 Å². The van der Waals surface area contributed by atoms with Crippen LogP contribution in [0.4, 0.5) is 17.1 Å². The molecule has 1 saturated heterocycles. The second kappa shape index (κ2) is 6.46. The molecule has 0 unspecified atom stereocenters. The fourth-order valence-electron chi connectivity index (χ4n) is 3.68. The molecule has 2 N–H and O–H groups in total. The van der Waals surface area contributed by atoms with Crippen LogP contribution in [0, 0.1) is 10.1 Å². The molecule has 6 heteroatoms. The van der Waals surface area contributed by atoms with E-state index in [1.165, 1.54) is 16.8 Å². The van der Waals surface area contributed by atoms with E-state index in [9.17, 15) is 10.1 Å². The van der Waals surface area contributed by atoms with Crippen molar-refractivity contribution in [1.29, 1.82) is 0 Å². The number of rotatable bonds is 3. The van der Waals surface area contributed by atoms with Crippen molar-refractivity contribution >= 4 is 28.7 Å². The van der Waals surface area contributed by atoms with Crippen LogP contribution in [0.5, 0.6) is 0 Å². The number of nitrogens with zero attached hydrogens (tertiary/aromatic N) is 3. The number of benzene rings is 2. The van der Waals surface area contributed by atoms with Crippen molar-refractivity contribution in [3.05, 3.63) is 63.2 Å². The molecule has 0 bridgehead atoms. The van der Waals surface area contributed by atoms with Crippen molar-refractivity contribution < 1.29 is 4.92 Å². The van der Waals surface area contributed by atoms with Crippen LogP contribution in [0.15, 0.2) is 36.4 Å². The molecule has 26 heavy (non-hydrogen) atoms. The van der Waals surface area contributed by atoms with Crippen molar-refractivity contribution in [2.75, 3.05) is 43.9 Å². The molecule has 2 aliphatic rings. The Morgan fingerprint density at radius 1 is 1.08 bits per heavy atom. The van der Waals surface area contributed by atoms with E-state index >= 15 is 0 Å². The highest BCUT2D eigenvalue weighted by Crippen LogP contribution is 2.36. The van der Waals surface area contributed by atoms with Gasteiger partial charge in [0.1, 0.15) is 5.69 Å². The molecule has 2 aromatic carbocycles. The lowest BCUT2D eigenvalue weighted by molar-refractivity contribution is -0.383. The number of likely N-dealkylation sites (N-methyl/N-ethyl adjacent to an activating group) is 1. The molecule has 0 aromatic heterocycles. The first-order chi connectivity index (χ1) is 12.5. The van der Waals surface area contributed by atoms with E-state index in [2.05, 4.69) is 41.1 Å². The maximum absolute atomic E-state index is 11.1. The zero-order chi connectivity index (χ0) is 18.3. The average molecular weight is 350 g/mol. The highest BCUT2D eigenvalue weighted by molar-refractivity contribution is 5.90. The maximum Gasteiger partial charge on any atom is 0.292 e. The number of allylic oxidation sites excluding steroid dienone is 1. The summed E-state index contributed by atoms with van der Waals surface area (Å²) in [5.74, 6) is 0. The summed E-state index contributed by atoms with van der Waals surface area (Å²) >= 11 is 0. The third-order valence-electron chi connectivity index (χ3n) is 5.30. The lowest BCUT2D eigenvalue weighted by Gasteiger charge is -2.34. The summed E-state index contributed by atoms with van der Waals surface area (Å²) in [5, 5.41) is 11.1. The Balaban J connectivity index is 1.57. The molecule has 1 aliphatic heterocycles. The van der Waals surface area contributed by atoms with Crippen molar-refractivity contribution in [2.45, 2.75) is 6.42 Å². The van der Waals surface area contributed by atoms with Gasteiger partial charge in [0, 0.05) is 37.9 Å². The van der Waals surface area contributed by atoms with Crippen LogP contribution in [-0.4, -0.2) is 43.0 Å². The minimum absolute atomic E-state index is 0.0301. The molecule has 1 heterocycles. The summed E-state index contributed by atoms with van der Waals surface area (Å²) in [4.78, 5) is 15.5. The molecule has 0 saturated carbocycles. The molecule has 0 radical (unpaired) electrons. The van der Waals surface area contributed by atoms with E-state index in [0.717, 1.165) is 43.7 Å². The highest BCUT2D eigenvalue weighted by atomic mass is 16.6. The third-order valence-corrected chi connectivity index (χ3v) is 5.30. The van der Waals surface area contributed by atoms with Crippen LogP contribution in [0.3, 0.4) is 0 Å². The molecule has 6 nitrogen and oxygen atoms in total. The van der Waals surface area contributed by atoms with E-state index in [-0.39, 0.29) is 11.4 Å². The van der Waals surface area contributed by atoms with Crippen molar-refractivity contribution in [1.82, 2.24) is 4.90 Å². The predicted octanol–water partition coefficient (Wildman–Crippen LogP) is 3.03. The zero-order valence-electron chi connectivity index (χ0n) is 14.8. The van der Waals surface area contributed by atoms with Gasteiger partial charge in [-0.1, -0.05) is 18.2 Å². The first kappa shape index (κ1) is 16.6. The number of hydrogen-bond donors (Lipinski definition) is 1. The molecule has 4 rings (SSSR count). The van der Waals surface area contributed by atoms with Gasteiger partial charge in [0.25, 0.3) is 5.69 Å². The normalized spacial score (nSPS) is 17.1. The van der Waals surface area contributed by atoms with E-state index in [4.69, 9.17) is 5.73 Å². The Bertz CT molecular complexity index is 899. The van der Waals surface area contributed by atoms with E-state index in [0.29, 0.717) is 0 Å². The Hall–Kier alpha value is -2.86. The van der Waals surface area contributed by atoms with Crippen LogP contribution in [0.2, 0.25) is 0 Å². The smallest absolute Gasteiger partial charge is 0.292 e. The van der Waals surface area contributed by atoms with Crippen molar-refractivity contribution in [3.63, 3.8) is 0 Å². The number of anilines is 2. The maximum atomic E-state index is 11.1. The van der Waals surface area contributed by atoms with Crippen molar-refractivity contribution in [2.24, 2.45) is 0 Å². The summed E-state index contributed by atoms with van der Waals surface area (Å²) in [6.45, 7) is 4.24. The molecule has 2 aromatic rings. The monoisotopic (exact) mass is 350 g/mol. The van der Waals surface area contributed by atoms with Gasteiger partial charge in [0.05, 0.1) is 4.92 Å². The number of fused-ring (bicyclic) bond motifs is 1. The van der Waals surface area contributed by atoms with Crippen LogP contribution in [-0.2, 0) is 6.42 Å². The molecule has 0 amide bonds. The second-order valence-electron chi connectivity index (χ2n) is 7.05. The van der Waals surface area contributed by atoms with E-state index < -0.39 is 4.92 Å². The fourth-order valence-corrected chi connectivity index (χ4v) is 3.68. The topological polar surface area (TPSA) is 75.6 Å². The summed E-state index contributed by atoms with van der Waals surface area (Å²) in [5.41, 5.74) is 11.6. The number of nitrogen functional groups attached to an aromatic ring is 1. The number of nitro groups is 1. The van der Waals surface area contributed by atoms with Crippen LogP contribution >= 0.6 is 0 Å².